The van der Waals surface area contributed by atoms with Crippen molar-refractivity contribution in [1.82, 2.24) is 0 Å². The van der Waals surface area contributed by atoms with Crippen molar-refractivity contribution in [2.75, 3.05) is 10.8 Å². The van der Waals surface area contributed by atoms with Crippen LogP contribution in [0.25, 0.3) is 11.0 Å². The first-order valence-corrected chi connectivity index (χ1v) is 9.55. The lowest BCUT2D eigenvalue weighted by molar-refractivity contribution is 0.0664. The highest BCUT2D eigenvalue weighted by atomic mass is 32.2. The number of carbonyl (C=O) groups is 1. The molecule has 0 radical (unpaired) electrons. The molecule has 3 rings (SSSR count). The van der Waals surface area contributed by atoms with E-state index >= 15 is 0 Å². The Kier molecular flexibility index (Phi) is 4.50. The van der Waals surface area contributed by atoms with Crippen LogP contribution in [-0.4, -0.2) is 26.0 Å². The summed E-state index contributed by atoms with van der Waals surface area (Å²) in [6.07, 6.45) is 0. The van der Waals surface area contributed by atoms with Crippen LogP contribution in [0.1, 0.15) is 28.6 Å². The van der Waals surface area contributed by atoms with Crippen LogP contribution in [0.4, 0.5) is 5.69 Å². The van der Waals surface area contributed by atoms with Crippen LogP contribution in [0.5, 0.6) is 0 Å². The number of nitrogens with zero attached hydrogens (tertiary/aromatic N) is 1. The van der Waals surface area contributed by atoms with Crippen molar-refractivity contribution < 1.29 is 22.7 Å². The molecule has 0 atom stereocenters. The molecule has 0 aliphatic rings. The van der Waals surface area contributed by atoms with Crippen molar-refractivity contribution in [3.05, 3.63) is 59.4 Å². The number of sulfonamides is 1. The summed E-state index contributed by atoms with van der Waals surface area (Å²) in [7, 11) is -3.80. The van der Waals surface area contributed by atoms with Gasteiger partial charge in [-0.1, -0.05) is 12.1 Å². The average Bonchev–Trinajstić information content (AvgIpc) is 2.92. The summed E-state index contributed by atoms with van der Waals surface area (Å²) in [5, 5.41) is 9.65. The maximum atomic E-state index is 13.1. The minimum atomic E-state index is -3.80. The molecule has 26 heavy (non-hydrogen) atoms. The minimum absolute atomic E-state index is 0.0918. The number of hydrogen-bond donors (Lipinski definition) is 1. The van der Waals surface area contributed by atoms with Crippen LogP contribution in [-0.2, 0) is 10.0 Å². The molecule has 0 amide bonds. The zero-order chi connectivity index (χ0) is 19.1. The Hall–Kier alpha value is -2.80. The van der Waals surface area contributed by atoms with Crippen LogP contribution in [0.3, 0.4) is 0 Å². The second-order valence-electron chi connectivity index (χ2n) is 6.03. The molecule has 6 nitrogen and oxygen atoms in total. The van der Waals surface area contributed by atoms with Crippen molar-refractivity contribution in [3.63, 3.8) is 0 Å². The van der Waals surface area contributed by atoms with Gasteiger partial charge in [0.15, 0.2) is 0 Å². The number of furan rings is 1. The first kappa shape index (κ1) is 18.0. The third kappa shape index (κ3) is 2.94. The summed E-state index contributed by atoms with van der Waals surface area (Å²) < 4.78 is 32.9. The minimum Gasteiger partial charge on any atom is -0.475 e. The Balaban J connectivity index is 2.14. The van der Waals surface area contributed by atoms with Gasteiger partial charge >= 0.3 is 5.97 Å². The van der Waals surface area contributed by atoms with E-state index in [0.717, 1.165) is 5.56 Å². The van der Waals surface area contributed by atoms with Gasteiger partial charge in [-0.25, -0.2) is 13.2 Å². The SMILES string of the molecule is CCN(c1cccc(C)c1)S(=O)(=O)c1ccc2oc(C(=O)O)c(C)c2c1. The van der Waals surface area contributed by atoms with Crippen molar-refractivity contribution in [1.29, 1.82) is 0 Å². The molecule has 0 spiro atoms. The van der Waals surface area contributed by atoms with Crippen LogP contribution >= 0.6 is 0 Å². The van der Waals surface area contributed by atoms with E-state index in [-0.39, 0.29) is 17.2 Å². The first-order valence-electron chi connectivity index (χ1n) is 8.11. The average molecular weight is 373 g/mol. The standard InChI is InChI=1S/C19H19NO5S/c1-4-20(14-7-5-6-12(2)10-14)26(23,24)15-8-9-17-16(11-15)13(3)18(25-17)19(21)22/h5-11H,4H2,1-3H3,(H,21,22). The summed E-state index contributed by atoms with van der Waals surface area (Å²) in [5.74, 6) is -1.36. The van der Waals surface area contributed by atoms with E-state index in [2.05, 4.69) is 0 Å². The molecule has 0 unspecified atom stereocenters. The zero-order valence-electron chi connectivity index (χ0n) is 14.7. The third-order valence-electron chi connectivity index (χ3n) is 4.27. The van der Waals surface area contributed by atoms with E-state index < -0.39 is 16.0 Å². The van der Waals surface area contributed by atoms with Gasteiger partial charge in [0.05, 0.1) is 10.6 Å². The molecule has 0 saturated heterocycles. The van der Waals surface area contributed by atoms with E-state index in [9.17, 15) is 18.3 Å². The summed E-state index contributed by atoms with van der Waals surface area (Å²) in [6.45, 7) is 5.54. The largest absolute Gasteiger partial charge is 0.475 e. The molecule has 1 aromatic heterocycles. The fraction of sp³-hybridized carbons (Fsp3) is 0.211. The number of aromatic carboxylic acids is 1. The Labute approximate surface area is 151 Å². The Morgan fingerprint density at radius 1 is 1.15 bits per heavy atom. The van der Waals surface area contributed by atoms with Gasteiger partial charge in [-0.3, -0.25) is 4.31 Å². The fourth-order valence-corrected chi connectivity index (χ4v) is 4.46. The molecule has 1 N–H and O–H groups in total. The maximum absolute atomic E-state index is 13.1. The second-order valence-corrected chi connectivity index (χ2v) is 7.89. The number of anilines is 1. The molecule has 0 aliphatic heterocycles. The Bertz CT molecular complexity index is 1100. The quantitative estimate of drug-likeness (QED) is 0.731. The predicted octanol–water partition coefficient (Wildman–Crippen LogP) is 3.96. The van der Waals surface area contributed by atoms with Crippen LogP contribution < -0.4 is 4.31 Å². The molecule has 0 bridgehead atoms. The van der Waals surface area contributed by atoms with Gasteiger partial charge in [-0.2, -0.15) is 0 Å². The molecular formula is C19H19NO5S. The van der Waals surface area contributed by atoms with Gasteiger partial charge < -0.3 is 9.52 Å². The summed E-state index contributed by atoms with van der Waals surface area (Å²) in [6, 6.07) is 11.7. The topological polar surface area (TPSA) is 87.8 Å². The van der Waals surface area contributed by atoms with Crippen molar-refractivity contribution in [2.24, 2.45) is 0 Å². The Morgan fingerprint density at radius 2 is 1.88 bits per heavy atom. The van der Waals surface area contributed by atoms with Gasteiger partial charge in [0.2, 0.25) is 5.76 Å². The fourth-order valence-electron chi connectivity index (χ4n) is 2.97. The number of benzene rings is 2. The number of hydrogen-bond acceptors (Lipinski definition) is 4. The number of fused-ring (bicyclic) bond motifs is 1. The Morgan fingerprint density at radius 3 is 2.50 bits per heavy atom. The molecule has 0 saturated carbocycles. The predicted molar refractivity (Wildman–Crippen MR) is 99.3 cm³/mol. The lowest BCUT2D eigenvalue weighted by atomic mass is 10.1. The summed E-state index contributed by atoms with van der Waals surface area (Å²) in [4.78, 5) is 11.3. The zero-order valence-corrected chi connectivity index (χ0v) is 15.5. The lowest BCUT2D eigenvalue weighted by Gasteiger charge is -2.23. The highest BCUT2D eigenvalue weighted by Gasteiger charge is 2.25. The number of carboxylic acids is 1. The highest BCUT2D eigenvalue weighted by Crippen LogP contribution is 2.30. The van der Waals surface area contributed by atoms with E-state index in [1.54, 1.807) is 19.9 Å². The van der Waals surface area contributed by atoms with Gasteiger partial charge in [-0.15, -0.1) is 0 Å². The lowest BCUT2D eigenvalue weighted by Crippen LogP contribution is -2.30. The second kappa shape index (κ2) is 6.49. The smallest absolute Gasteiger partial charge is 0.372 e. The monoisotopic (exact) mass is 373 g/mol. The van der Waals surface area contributed by atoms with Gasteiger partial charge in [0, 0.05) is 17.5 Å². The van der Waals surface area contributed by atoms with Crippen LogP contribution in [0.2, 0.25) is 0 Å². The molecule has 2 aromatic carbocycles. The van der Waals surface area contributed by atoms with Gasteiger partial charge in [0.25, 0.3) is 10.0 Å². The summed E-state index contributed by atoms with van der Waals surface area (Å²) >= 11 is 0. The van der Waals surface area contributed by atoms with Crippen molar-refractivity contribution in [2.45, 2.75) is 25.7 Å². The maximum Gasteiger partial charge on any atom is 0.372 e. The number of aryl methyl sites for hydroxylation is 2. The molecule has 7 heteroatoms. The van der Waals surface area contributed by atoms with E-state index in [4.69, 9.17) is 4.42 Å². The van der Waals surface area contributed by atoms with E-state index in [1.165, 1.54) is 22.5 Å². The number of rotatable bonds is 5. The molecule has 1 heterocycles. The molecule has 136 valence electrons. The van der Waals surface area contributed by atoms with E-state index in [0.29, 0.717) is 22.2 Å². The van der Waals surface area contributed by atoms with Gasteiger partial charge in [-0.05, 0) is 56.7 Å². The molecular weight excluding hydrogens is 354 g/mol. The van der Waals surface area contributed by atoms with Crippen LogP contribution in [0, 0.1) is 13.8 Å². The van der Waals surface area contributed by atoms with Crippen molar-refractivity contribution in [3.8, 4) is 0 Å². The first-order chi connectivity index (χ1) is 12.3. The molecule has 0 aliphatic carbocycles. The normalized spacial score (nSPS) is 11.7. The van der Waals surface area contributed by atoms with E-state index in [1.807, 2.05) is 25.1 Å². The third-order valence-corrected chi connectivity index (χ3v) is 6.17. The van der Waals surface area contributed by atoms with Crippen molar-refractivity contribution >= 4 is 32.6 Å². The van der Waals surface area contributed by atoms with Crippen LogP contribution in [0.15, 0.2) is 51.8 Å². The van der Waals surface area contributed by atoms with Gasteiger partial charge in [0.1, 0.15) is 5.58 Å². The number of carboxylic acid groups (broad SMARTS) is 1. The molecule has 0 fully saturated rings. The molecule has 3 aromatic rings. The summed E-state index contributed by atoms with van der Waals surface area (Å²) in [5.41, 5.74) is 2.30. The highest BCUT2D eigenvalue weighted by molar-refractivity contribution is 7.92.